The Hall–Kier alpha value is -3.74. The molecule has 0 aliphatic carbocycles. The Morgan fingerprint density at radius 3 is 2.49 bits per heavy atom. The van der Waals surface area contributed by atoms with Crippen LogP contribution in [-0.2, 0) is 24.8 Å². The number of aromatic nitrogens is 3. The molecule has 0 aliphatic rings. The van der Waals surface area contributed by atoms with Crippen LogP contribution in [0, 0.1) is 16.3 Å². The zero-order chi connectivity index (χ0) is 27.0. The van der Waals surface area contributed by atoms with E-state index in [0.29, 0.717) is 15.7 Å². The molecule has 4 rings (SSSR count). The van der Waals surface area contributed by atoms with Gasteiger partial charge >= 0.3 is 5.69 Å². The lowest BCUT2D eigenvalue weighted by molar-refractivity contribution is -0.117. The third kappa shape index (κ3) is 4.82. The third-order valence-corrected chi connectivity index (χ3v) is 6.89. The lowest BCUT2D eigenvalue weighted by Crippen LogP contribution is -2.41. The molecule has 0 radical (unpaired) electrons. The second-order valence-corrected chi connectivity index (χ2v) is 9.86. The van der Waals surface area contributed by atoms with Crippen LogP contribution in [0.25, 0.3) is 16.6 Å². The van der Waals surface area contributed by atoms with Gasteiger partial charge in [-0.2, -0.15) is 0 Å². The predicted octanol–water partition coefficient (Wildman–Crippen LogP) is 3.08. The quantitative estimate of drug-likeness (QED) is 0.309. The van der Waals surface area contributed by atoms with Gasteiger partial charge in [0.25, 0.3) is 11.1 Å². The molecule has 0 unspecified atom stereocenters. The number of aryl methyl sites for hydroxylation is 2. The molecule has 2 aromatic carbocycles. The number of nitrogens with two attached hydrogens (primary N) is 1. The number of fused-ring (bicyclic) bond motifs is 1. The fourth-order valence-corrected chi connectivity index (χ4v) is 4.80. The number of carbonyl (C=O) groups is 1. The average molecular weight is 617 g/mol. The second kappa shape index (κ2) is 10.3. The summed E-state index contributed by atoms with van der Waals surface area (Å²) in [7, 11) is 1.48. The summed E-state index contributed by atoms with van der Waals surface area (Å²) in [5.41, 5.74) is 5.19. The number of hydrogen-bond donors (Lipinski definition) is 2. The minimum Gasteiger partial charge on any atom is -0.370 e. The Labute approximate surface area is 224 Å². The maximum Gasteiger partial charge on any atom is 0.336 e. The molecule has 0 saturated heterocycles. The van der Waals surface area contributed by atoms with Gasteiger partial charge < -0.3 is 11.1 Å². The van der Waals surface area contributed by atoms with E-state index in [0.717, 1.165) is 10.1 Å². The largest absolute Gasteiger partial charge is 0.370 e. The molecule has 11 heteroatoms. The van der Waals surface area contributed by atoms with Gasteiger partial charge in [-0.05, 0) is 78.8 Å². The molecule has 0 aliphatic heterocycles. The molecule has 37 heavy (non-hydrogen) atoms. The number of benzene rings is 2. The van der Waals surface area contributed by atoms with Crippen molar-refractivity contribution < 1.29 is 9.18 Å². The summed E-state index contributed by atoms with van der Waals surface area (Å²) in [5.74, 6) is -0.943. The van der Waals surface area contributed by atoms with E-state index in [4.69, 9.17) is 5.73 Å². The number of nitrogens with zero attached hydrogens (tertiary/aromatic N) is 3. The first kappa shape index (κ1) is 26.3. The van der Waals surface area contributed by atoms with E-state index in [9.17, 15) is 23.6 Å². The Bertz CT molecular complexity index is 1740. The molecular formula is C26H25FIN5O4. The van der Waals surface area contributed by atoms with E-state index in [-0.39, 0.29) is 40.9 Å². The molecule has 2 aromatic heterocycles. The lowest BCUT2D eigenvalue weighted by Gasteiger charge is -2.20. The van der Waals surface area contributed by atoms with Crippen molar-refractivity contribution in [1.82, 2.24) is 13.7 Å². The summed E-state index contributed by atoms with van der Waals surface area (Å²) < 4.78 is 19.1. The molecule has 4 aromatic rings. The molecule has 3 N–H and O–H groups in total. The Kier molecular flexibility index (Phi) is 7.35. The first-order valence-corrected chi connectivity index (χ1v) is 12.6. The number of hydrogen-bond acceptors (Lipinski definition) is 5. The van der Waals surface area contributed by atoms with E-state index in [1.807, 2.05) is 22.6 Å². The van der Waals surface area contributed by atoms with Crippen molar-refractivity contribution in [2.45, 2.75) is 33.2 Å². The standard InChI is InChI=1S/C26H25FIN5O4/c1-4-32-25(36)21-22(33(26(32)37)17-7-5-6-15(12-17)8-11-20(29)34)14(2)24(35)31(3)23(21)30-19-10-9-16(28)13-18(19)27/h5-7,9-10,12-13,30H,4,8,11H2,1-3H3,(H2,29,34). The van der Waals surface area contributed by atoms with Crippen LogP contribution in [0.3, 0.4) is 0 Å². The topological polar surface area (TPSA) is 121 Å². The van der Waals surface area contributed by atoms with Crippen molar-refractivity contribution in [2.24, 2.45) is 12.8 Å². The van der Waals surface area contributed by atoms with Gasteiger partial charge in [-0.15, -0.1) is 0 Å². The van der Waals surface area contributed by atoms with Crippen LogP contribution < -0.4 is 27.9 Å². The number of anilines is 2. The van der Waals surface area contributed by atoms with Crippen molar-refractivity contribution in [3.63, 3.8) is 0 Å². The van der Waals surface area contributed by atoms with E-state index in [1.165, 1.54) is 28.3 Å². The van der Waals surface area contributed by atoms with Crippen molar-refractivity contribution >= 4 is 50.9 Å². The zero-order valence-corrected chi connectivity index (χ0v) is 22.6. The minimum atomic E-state index is -0.616. The van der Waals surface area contributed by atoms with E-state index < -0.39 is 28.5 Å². The van der Waals surface area contributed by atoms with Crippen LogP contribution in [0.5, 0.6) is 0 Å². The molecule has 1 amide bonds. The van der Waals surface area contributed by atoms with Gasteiger partial charge in [0, 0.05) is 29.1 Å². The molecule has 0 bridgehead atoms. The van der Waals surface area contributed by atoms with Gasteiger partial charge in [-0.3, -0.25) is 28.1 Å². The highest BCUT2D eigenvalue weighted by atomic mass is 127. The minimum absolute atomic E-state index is 0.0662. The molecule has 0 spiro atoms. The van der Waals surface area contributed by atoms with Crippen LogP contribution in [-0.4, -0.2) is 19.6 Å². The molecule has 0 atom stereocenters. The van der Waals surface area contributed by atoms with Gasteiger partial charge in [0.15, 0.2) is 0 Å². The Morgan fingerprint density at radius 2 is 1.84 bits per heavy atom. The normalized spacial score (nSPS) is 11.2. The molecule has 0 fully saturated rings. The maximum atomic E-state index is 14.7. The third-order valence-electron chi connectivity index (χ3n) is 6.22. The summed E-state index contributed by atoms with van der Waals surface area (Å²) in [6.07, 6.45) is 0.492. The number of primary amides is 1. The highest BCUT2D eigenvalue weighted by molar-refractivity contribution is 14.1. The van der Waals surface area contributed by atoms with Crippen LogP contribution in [0.2, 0.25) is 0 Å². The van der Waals surface area contributed by atoms with Crippen LogP contribution in [0.4, 0.5) is 15.9 Å². The lowest BCUT2D eigenvalue weighted by atomic mass is 10.1. The summed E-state index contributed by atoms with van der Waals surface area (Å²) in [5, 5.41) is 2.99. The predicted molar refractivity (Wildman–Crippen MR) is 149 cm³/mol. The first-order chi connectivity index (χ1) is 17.5. The van der Waals surface area contributed by atoms with Crippen molar-refractivity contribution in [2.75, 3.05) is 5.32 Å². The fourth-order valence-electron chi connectivity index (χ4n) is 4.34. The number of nitrogens with one attached hydrogen (secondary N) is 1. The molecule has 2 heterocycles. The van der Waals surface area contributed by atoms with Gasteiger partial charge in [0.1, 0.15) is 17.0 Å². The maximum absolute atomic E-state index is 14.7. The van der Waals surface area contributed by atoms with Crippen LogP contribution >= 0.6 is 22.6 Å². The van der Waals surface area contributed by atoms with Gasteiger partial charge in [0.2, 0.25) is 5.91 Å². The van der Waals surface area contributed by atoms with E-state index >= 15 is 0 Å². The summed E-state index contributed by atoms with van der Waals surface area (Å²) in [6.45, 7) is 3.29. The highest BCUT2D eigenvalue weighted by Crippen LogP contribution is 2.27. The van der Waals surface area contributed by atoms with E-state index in [2.05, 4.69) is 5.32 Å². The fraction of sp³-hybridized carbons (Fsp3) is 0.231. The Morgan fingerprint density at radius 1 is 1.11 bits per heavy atom. The molecule has 192 valence electrons. The van der Waals surface area contributed by atoms with Crippen molar-refractivity contribution in [1.29, 1.82) is 0 Å². The van der Waals surface area contributed by atoms with Crippen molar-refractivity contribution in [3.8, 4) is 5.69 Å². The monoisotopic (exact) mass is 617 g/mol. The molecular weight excluding hydrogens is 592 g/mol. The number of amides is 1. The van der Waals surface area contributed by atoms with Gasteiger partial charge in [0.05, 0.1) is 16.9 Å². The SMILES string of the molecule is CCn1c(=O)c2c(Nc3ccc(I)cc3F)n(C)c(=O)c(C)c2n(-c2cccc(CCC(N)=O)c2)c1=O. The summed E-state index contributed by atoms with van der Waals surface area (Å²) in [6, 6.07) is 11.5. The van der Waals surface area contributed by atoms with Crippen molar-refractivity contribution in [3.05, 3.63) is 94.2 Å². The average Bonchev–Trinajstić information content (AvgIpc) is 2.85. The van der Waals surface area contributed by atoms with Crippen LogP contribution in [0.15, 0.2) is 56.8 Å². The first-order valence-electron chi connectivity index (χ1n) is 11.5. The second-order valence-electron chi connectivity index (χ2n) is 8.61. The Balaban J connectivity index is 2.11. The number of rotatable bonds is 7. The van der Waals surface area contributed by atoms with Crippen LogP contribution in [0.1, 0.15) is 24.5 Å². The molecule has 0 saturated carbocycles. The zero-order valence-electron chi connectivity index (χ0n) is 20.5. The number of pyridine rings is 1. The number of carbonyl (C=O) groups excluding carboxylic acids is 1. The highest BCUT2D eigenvalue weighted by Gasteiger charge is 2.23. The van der Waals surface area contributed by atoms with Gasteiger partial charge in [-0.25, -0.2) is 9.18 Å². The summed E-state index contributed by atoms with van der Waals surface area (Å²) >= 11 is 1.98. The van der Waals surface area contributed by atoms with Gasteiger partial charge in [-0.1, -0.05) is 12.1 Å². The number of halogens is 2. The summed E-state index contributed by atoms with van der Waals surface area (Å²) in [4.78, 5) is 51.8. The van der Waals surface area contributed by atoms with E-state index in [1.54, 1.807) is 44.2 Å². The smallest absolute Gasteiger partial charge is 0.336 e. The molecule has 9 nitrogen and oxygen atoms in total.